The van der Waals surface area contributed by atoms with Crippen LogP contribution in [-0.4, -0.2) is 45.6 Å². The number of benzene rings is 1. The minimum absolute atomic E-state index is 0.402. The lowest BCUT2D eigenvalue weighted by atomic mass is 10.1. The Morgan fingerprint density at radius 1 is 1.21 bits per heavy atom. The van der Waals surface area contributed by atoms with Crippen LogP contribution in [0.4, 0.5) is 0 Å². The van der Waals surface area contributed by atoms with Crippen LogP contribution in [0.25, 0.3) is 0 Å². The highest BCUT2D eigenvalue weighted by molar-refractivity contribution is 7.71. The number of morpholine rings is 1. The van der Waals surface area contributed by atoms with Crippen molar-refractivity contribution in [1.82, 2.24) is 19.2 Å². The first-order valence-corrected chi connectivity index (χ1v) is 8.58. The van der Waals surface area contributed by atoms with Crippen molar-refractivity contribution in [2.24, 2.45) is 7.05 Å². The van der Waals surface area contributed by atoms with Crippen molar-refractivity contribution in [3.63, 3.8) is 0 Å². The second-order valence-electron chi connectivity index (χ2n) is 6.16. The monoisotopic (exact) mass is 348 g/mol. The Bertz CT molecular complexity index is 762. The van der Waals surface area contributed by atoms with Gasteiger partial charge in [0.15, 0.2) is 10.6 Å². The maximum atomic E-state index is 5.89. The van der Waals surface area contributed by atoms with E-state index in [0.717, 1.165) is 37.9 Å². The van der Waals surface area contributed by atoms with Crippen molar-refractivity contribution in [3.8, 4) is 5.75 Å². The Morgan fingerprint density at radius 2 is 1.96 bits per heavy atom. The fraction of sp³-hybridized carbons (Fsp3) is 0.529. The molecule has 2 aromatic rings. The average molecular weight is 348 g/mol. The zero-order valence-corrected chi connectivity index (χ0v) is 15.3. The molecule has 1 fully saturated rings. The number of rotatable bonds is 5. The maximum Gasteiger partial charge on any atom is 0.198 e. The van der Waals surface area contributed by atoms with Gasteiger partial charge in [0.2, 0.25) is 0 Å². The Balaban J connectivity index is 1.68. The van der Waals surface area contributed by atoms with Crippen LogP contribution in [0, 0.1) is 18.6 Å². The molecular formula is C17H24N4O2S. The number of hydrogen-bond acceptors (Lipinski definition) is 5. The number of ether oxygens (including phenoxy) is 2. The van der Waals surface area contributed by atoms with Gasteiger partial charge in [0, 0.05) is 20.1 Å². The smallest absolute Gasteiger partial charge is 0.198 e. The summed E-state index contributed by atoms with van der Waals surface area (Å²) in [6.45, 7) is 8.63. The highest BCUT2D eigenvalue weighted by atomic mass is 32.1. The molecule has 0 saturated carbocycles. The minimum Gasteiger partial charge on any atom is -0.486 e. The van der Waals surface area contributed by atoms with E-state index in [1.807, 2.05) is 22.4 Å². The predicted molar refractivity (Wildman–Crippen MR) is 94.7 cm³/mol. The molecule has 7 heteroatoms. The van der Waals surface area contributed by atoms with Crippen LogP contribution in [0.3, 0.4) is 0 Å². The second kappa shape index (κ2) is 7.46. The SMILES string of the molecule is Cc1ccc(OCc2nn(CN3CCOCC3)c(=S)n2C)cc1C. The summed E-state index contributed by atoms with van der Waals surface area (Å²) in [5, 5.41) is 4.63. The molecule has 0 N–H and O–H groups in total. The van der Waals surface area contributed by atoms with E-state index in [1.165, 1.54) is 11.1 Å². The van der Waals surface area contributed by atoms with Gasteiger partial charge in [0.1, 0.15) is 12.4 Å². The summed E-state index contributed by atoms with van der Waals surface area (Å²) in [4.78, 5) is 2.29. The third-order valence-corrected chi connectivity index (χ3v) is 4.90. The van der Waals surface area contributed by atoms with E-state index < -0.39 is 0 Å². The van der Waals surface area contributed by atoms with Crippen molar-refractivity contribution >= 4 is 12.2 Å². The Morgan fingerprint density at radius 3 is 2.67 bits per heavy atom. The predicted octanol–water partition coefficient (Wildman–Crippen LogP) is 2.44. The summed E-state index contributed by atoms with van der Waals surface area (Å²) < 4.78 is 15.8. The van der Waals surface area contributed by atoms with E-state index in [2.05, 4.69) is 36.0 Å². The van der Waals surface area contributed by atoms with E-state index in [4.69, 9.17) is 21.7 Å². The van der Waals surface area contributed by atoms with E-state index >= 15 is 0 Å². The zero-order chi connectivity index (χ0) is 17.1. The standard InChI is InChI=1S/C17H24N4O2S/c1-13-4-5-15(10-14(13)2)23-11-16-18-21(17(24)19(16)3)12-20-6-8-22-9-7-20/h4-5,10H,6-9,11-12H2,1-3H3. The lowest BCUT2D eigenvalue weighted by molar-refractivity contribution is 0.0208. The molecule has 1 aliphatic heterocycles. The highest BCUT2D eigenvalue weighted by Gasteiger charge is 2.14. The first-order chi connectivity index (χ1) is 11.5. The third-order valence-electron chi connectivity index (χ3n) is 4.42. The Labute approximate surface area is 147 Å². The van der Waals surface area contributed by atoms with Crippen LogP contribution in [0.5, 0.6) is 5.75 Å². The summed E-state index contributed by atoms with van der Waals surface area (Å²) in [7, 11) is 1.93. The van der Waals surface area contributed by atoms with Crippen molar-refractivity contribution in [1.29, 1.82) is 0 Å². The fourth-order valence-electron chi connectivity index (χ4n) is 2.63. The Kier molecular flexibility index (Phi) is 5.33. The number of aromatic nitrogens is 3. The summed E-state index contributed by atoms with van der Waals surface area (Å²) in [5.74, 6) is 1.68. The van der Waals surface area contributed by atoms with E-state index in [1.54, 1.807) is 0 Å². The van der Waals surface area contributed by atoms with Crippen LogP contribution in [0.1, 0.15) is 17.0 Å². The molecule has 130 valence electrons. The zero-order valence-electron chi connectivity index (χ0n) is 14.5. The van der Waals surface area contributed by atoms with Crippen molar-refractivity contribution in [2.45, 2.75) is 27.1 Å². The average Bonchev–Trinajstić information content (AvgIpc) is 2.85. The molecule has 0 radical (unpaired) electrons. The molecule has 1 aromatic carbocycles. The van der Waals surface area contributed by atoms with Crippen LogP contribution >= 0.6 is 12.2 Å². The van der Waals surface area contributed by atoms with Gasteiger partial charge in [0.05, 0.1) is 19.9 Å². The summed E-state index contributed by atoms with van der Waals surface area (Å²) in [6, 6.07) is 6.11. The first-order valence-electron chi connectivity index (χ1n) is 8.17. The van der Waals surface area contributed by atoms with Crippen molar-refractivity contribution in [2.75, 3.05) is 26.3 Å². The van der Waals surface area contributed by atoms with Gasteiger partial charge in [-0.15, -0.1) is 0 Å². The molecule has 2 heterocycles. The molecule has 0 atom stereocenters. The van der Waals surface area contributed by atoms with Crippen LogP contribution in [0.2, 0.25) is 0 Å². The van der Waals surface area contributed by atoms with Gasteiger partial charge in [0.25, 0.3) is 0 Å². The number of aryl methyl sites for hydroxylation is 2. The van der Waals surface area contributed by atoms with Crippen LogP contribution in [-0.2, 0) is 25.1 Å². The van der Waals surface area contributed by atoms with Gasteiger partial charge in [-0.2, -0.15) is 5.10 Å². The van der Waals surface area contributed by atoms with Crippen molar-refractivity contribution in [3.05, 3.63) is 39.9 Å². The molecular weight excluding hydrogens is 324 g/mol. The molecule has 1 aromatic heterocycles. The topological polar surface area (TPSA) is 44.4 Å². The summed E-state index contributed by atoms with van der Waals surface area (Å²) in [5.41, 5.74) is 2.48. The molecule has 0 bridgehead atoms. The normalized spacial score (nSPS) is 15.6. The van der Waals surface area contributed by atoms with Crippen molar-refractivity contribution < 1.29 is 9.47 Å². The van der Waals surface area contributed by atoms with E-state index in [9.17, 15) is 0 Å². The molecule has 1 aliphatic rings. The summed E-state index contributed by atoms with van der Waals surface area (Å²) >= 11 is 5.50. The Hall–Kier alpha value is -1.70. The lowest BCUT2D eigenvalue weighted by Gasteiger charge is -2.26. The molecule has 3 rings (SSSR count). The minimum atomic E-state index is 0.402. The summed E-state index contributed by atoms with van der Waals surface area (Å²) in [6.07, 6.45) is 0. The molecule has 0 unspecified atom stereocenters. The molecule has 1 saturated heterocycles. The largest absolute Gasteiger partial charge is 0.486 e. The van der Waals surface area contributed by atoms with E-state index in [0.29, 0.717) is 18.0 Å². The van der Waals surface area contributed by atoms with Crippen LogP contribution < -0.4 is 4.74 Å². The molecule has 6 nitrogen and oxygen atoms in total. The quantitative estimate of drug-likeness (QED) is 0.777. The van der Waals surface area contributed by atoms with E-state index in [-0.39, 0.29) is 0 Å². The first kappa shape index (κ1) is 17.1. The lowest BCUT2D eigenvalue weighted by Crippen LogP contribution is -2.37. The number of hydrogen-bond donors (Lipinski definition) is 0. The number of nitrogens with zero attached hydrogens (tertiary/aromatic N) is 4. The second-order valence-corrected chi connectivity index (χ2v) is 6.53. The third kappa shape index (κ3) is 3.85. The van der Waals surface area contributed by atoms with Gasteiger partial charge >= 0.3 is 0 Å². The molecule has 0 amide bonds. The van der Waals surface area contributed by atoms with Gasteiger partial charge < -0.3 is 14.0 Å². The van der Waals surface area contributed by atoms with Gasteiger partial charge in [-0.05, 0) is 49.3 Å². The van der Waals surface area contributed by atoms with Crippen LogP contribution in [0.15, 0.2) is 18.2 Å². The molecule has 24 heavy (non-hydrogen) atoms. The molecule has 0 aliphatic carbocycles. The van der Waals surface area contributed by atoms with Gasteiger partial charge in [-0.1, -0.05) is 6.07 Å². The van der Waals surface area contributed by atoms with Gasteiger partial charge in [-0.25, -0.2) is 4.68 Å². The molecule has 0 spiro atoms. The van der Waals surface area contributed by atoms with Gasteiger partial charge in [-0.3, -0.25) is 4.90 Å². The maximum absolute atomic E-state index is 5.89. The fourth-order valence-corrected chi connectivity index (χ4v) is 2.84. The highest BCUT2D eigenvalue weighted by Crippen LogP contribution is 2.17.